The molecule has 3 fully saturated rings. The molecular formula is C14H21N3O2S. The van der Waals surface area contributed by atoms with Gasteiger partial charge in [0, 0.05) is 25.7 Å². The maximum Gasteiger partial charge on any atom is 0.233 e. The summed E-state index contributed by atoms with van der Waals surface area (Å²) in [5, 5.41) is 0. The summed E-state index contributed by atoms with van der Waals surface area (Å²) in [7, 11) is 0. The maximum absolute atomic E-state index is 12.4. The van der Waals surface area contributed by atoms with Gasteiger partial charge in [-0.15, -0.1) is 0 Å². The van der Waals surface area contributed by atoms with Gasteiger partial charge < -0.3 is 5.73 Å². The number of imide groups is 1. The smallest absolute Gasteiger partial charge is 0.233 e. The molecule has 0 bridgehead atoms. The normalized spacial score (nSPS) is 31.9. The topological polar surface area (TPSA) is 66.6 Å². The van der Waals surface area contributed by atoms with Gasteiger partial charge in [0.05, 0.1) is 16.8 Å². The molecule has 2 N–H and O–H groups in total. The van der Waals surface area contributed by atoms with Crippen molar-refractivity contribution in [3.8, 4) is 0 Å². The first-order valence-electron chi connectivity index (χ1n) is 7.45. The Kier molecular flexibility index (Phi) is 3.77. The van der Waals surface area contributed by atoms with Crippen molar-refractivity contribution in [2.24, 2.45) is 17.6 Å². The molecule has 110 valence electrons. The molecular weight excluding hydrogens is 274 g/mol. The highest BCUT2D eigenvalue weighted by Crippen LogP contribution is 2.41. The minimum absolute atomic E-state index is 0.0165. The van der Waals surface area contributed by atoms with Gasteiger partial charge in [-0.05, 0) is 25.7 Å². The van der Waals surface area contributed by atoms with Crippen LogP contribution in [0.15, 0.2) is 0 Å². The maximum atomic E-state index is 12.4. The lowest BCUT2D eigenvalue weighted by Gasteiger charge is -2.35. The third-order valence-electron chi connectivity index (χ3n) is 4.93. The summed E-state index contributed by atoms with van der Waals surface area (Å²) in [6.07, 6.45) is 4.50. The van der Waals surface area contributed by atoms with Crippen molar-refractivity contribution in [1.29, 1.82) is 0 Å². The van der Waals surface area contributed by atoms with Gasteiger partial charge in [-0.25, -0.2) is 0 Å². The minimum atomic E-state index is -0.0165. The lowest BCUT2D eigenvalue weighted by atomic mass is 10.00. The van der Waals surface area contributed by atoms with Crippen molar-refractivity contribution in [3.05, 3.63) is 0 Å². The molecule has 1 saturated carbocycles. The number of nitrogens with two attached hydrogens (primary N) is 1. The highest BCUT2D eigenvalue weighted by Gasteiger charge is 2.51. The van der Waals surface area contributed by atoms with E-state index in [0.717, 1.165) is 45.2 Å². The molecule has 0 radical (unpaired) electrons. The molecule has 2 unspecified atom stereocenters. The van der Waals surface area contributed by atoms with E-state index in [1.807, 2.05) is 0 Å². The van der Waals surface area contributed by atoms with Crippen LogP contribution in [0.1, 0.15) is 32.1 Å². The van der Waals surface area contributed by atoms with Crippen LogP contribution in [0.2, 0.25) is 0 Å². The third kappa shape index (κ3) is 2.35. The van der Waals surface area contributed by atoms with Gasteiger partial charge in [-0.2, -0.15) is 0 Å². The molecule has 2 heterocycles. The first-order chi connectivity index (χ1) is 9.58. The first-order valence-corrected chi connectivity index (χ1v) is 7.86. The number of carbonyl (C=O) groups excluding carboxylic acids is 2. The first kappa shape index (κ1) is 13.9. The molecule has 2 saturated heterocycles. The predicted octanol–water partition coefficient (Wildman–Crippen LogP) is 0.522. The fourth-order valence-corrected chi connectivity index (χ4v) is 4.12. The fourth-order valence-electron chi connectivity index (χ4n) is 3.93. The van der Waals surface area contributed by atoms with E-state index in [2.05, 4.69) is 4.90 Å². The number of carbonyl (C=O) groups is 2. The number of fused-ring (bicyclic) bond motifs is 1. The van der Waals surface area contributed by atoms with Crippen molar-refractivity contribution >= 4 is 29.0 Å². The van der Waals surface area contributed by atoms with Crippen LogP contribution >= 0.6 is 12.2 Å². The lowest BCUT2D eigenvalue weighted by molar-refractivity contribution is -0.144. The number of likely N-dealkylation sites (tertiary alicyclic amines) is 2. The number of nitrogens with zero attached hydrogens (tertiary/aromatic N) is 2. The molecule has 0 aromatic heterocycles. The quantitative estimate of drug-likeness (QED) is 0.607. The summed E-state index contributed by atoms with van der Waals surface area (Å²) in [6, 6.07) is 0.0863. The van der Waals surface area contributed by atoms with Crippen LogP contribution in [0.3, 0.4) is 0 Å². The van der Waals surface area contributed by atoms with Crippen LogP contribution in [0, 0.1) is 11.8 Å². The molecule has 3 rings (SSSR count). The fraction of sp³-hybridized carbons (Fsp3) is 0.786. The van der Waals surface area contributed by atoms with E-state index in [0.29, 0.717) is 11.5 Å². The lowest BCUT2D eigenvalue weighted by Crippen LogP contribution is -2.49. The number of hydrogen-bond acceptors (Lipinski definition) is 4. The second kappa shape index (κ2) is 5.41. The van der Waals surface area contributed by atoms with E-state index in [-0.39, 0.29) is 29.7 Å². The number of thiocarbonyl (C=S) groups is 1. The molecule has 6 heteroatoms. The zero-order valence-corrected chi connectivity index (χ0v) is 12.4. The van der Waals surface area contributed by atoms with Crippen LogP contribution in [-0.2, 0) is 9.59 Å². The zero-order valence-electron chi connectivity index (χ0n) is 11.6. The van der Waals surface area contributed by atoms with Crippen LogP contribution in [0.25, 0.3) is 0 Å². The van der Waals surface area contributed by atoms with Crippen molar-refractivity contribution in [1.82, 2.24) is 9.80 Å². The van der Waals surface area contributed by atoms with Crippen LogP contribution in [0.5, 0.6) is 0 Å². The number of amides is 2. The number of piperidine rings is 1. The van der Waals surface area contributed by atoms with Gasteiger partial charge >= 0.3 is 0 Å². The molecule has 0 aromatic rings. The molecule has 0 aromatic carbocycles. The number of hydrogen-bond donors (Lipinski definition) is 1. The van der Waals surface area contributed by atoms with Crippen LogP contribution in [0.4, 0.5) is 0 Å². The third-order valence-corrected chi connectivity index (χ3v) is 5.06. The van der Waals surface area contributed by atoms with Gasteiger partial charge in [-0.3, -0.25) is 19.4 Å². The molecule has 2 amide bonds. The number of rotatable bonds is 3. The van der Waals surface area contributed by atoms with Gasteiger partial charge in [0.25, 0.3) is 0 Å². The van der Waals surface area contributed by atoms with Crippen molar-refractivity contribution in [2.45, 2.75) is 38.1 Å². The Balaban J connectivity index is 1.62. The minimum Gasteiger partial charge on any atom is -0.392 e. The van der Waals surface area contributed by atoms with Crippen molar-refractivity contribution in [3.63, 3.8) is 0 Å². The monoisotopic (exact) mass is 295 g/mol. The molecule has 20 heavy (non-hydrogen) atoms. The van der Waals surface area contributed by atoms with Crippen molar-refractivity contribution < 1.29 is 9.59 Å². The Morgan fingerprint density at radius 1 is 1.10 bits per heavy atom. The summed E-state index contributed by atoms with van der Waals surface area (Å²) in [4.78, 5) is 29.1. The average molecular weight is 295 g/mol. The van der Waals surface area contributed by atoms with E-state index in [9.17, 15) is 9.59 Å². The summed E-state index contributed by atoms with van der Waals surface area (Å²) in [5.74, 6) is 0.143. The summed E-state index contributed by atoms with van der Waals surface area (Å²) in [5.41, 5.74) is 5.56. The van der Waals surface area contributed by atoms with Crippen LogP contribution in [-0.4, -0.2) is 52.3 Å². The van der Waals surface area contributed by atoms with E-state index in [1.54, 1.807) is 4.90 Å². The van der Waals surface area contributed by atoms with Crippen LogP contribution < -0.4 is 5.73 Å². The van der Waals surface area contributed by atoms with Gasteiger partial charge in [0.1, 0.15) is 0 Å². The Hall–Kier alpha value is -1.01. The second-order valence-electron chi connectivity index (χ2n) is 6.16. The second-order valence-corrected chi connectivity index (χ2v) is 6.69. The molecule has 3 aliphatic rings. The van der Waals surface area contributed by atoms with E-state index >= 15 is 0 Å². The molecule has 2 atom stereocenters. The molecule has 0 spiro atoms. The highest BCUT2D eigenvalue weighted by molar-refractivity contribution is 7.80. The SMILES string of the molecule is NC(=S)CN1CCC(N2C(=O)C3CCCC3C2=O)CC1. The zero-order chi connectivity index (χ0) is 14.3. The Labute approximate surface area is 124 Å². The Morgan fingerprint density at radius 2 is 1.65 bits per heavy atom. The molecule has 2 aliphatic heterocycles. The largest absolute Gasteiger partial charge is 0.392 e. The summed E-state index contributed by atoms with van der Waals surface area (Å²) < 4.78 is 0. The van der Waals surface area contributed by atoms with E-state index < -0.39 is 0 Å². The molecule has 5 nitrogen and oxygen atoms in total. The van der Waals surface area contributed by atoms with Gasteiger partial charge in [0.2, 0.25) is 11.8 Å². The average Bonchev–Trinajstić information content (AvgIpc) is 2.96. The molecule has 1 aliphatic carbocycles. The van der Waals surface area contributed by atoms with Crippen molar-refractivity contribution in [2.75, 3.05) is 19.6 Å². The summed E-state index contributed by atoms with van der Waals surface area (Å²) in [6.45, 7) is 2.35. The van der Waals surface area contributed by atoms with Gasteiger partial charge in [-0.1, -0.05) is 18.6 Å². The highest BCUT2D eigenvalue weighted by atomic mass is 32.1. The summed E-state index contributed by atoms with van der Waals surface area (Å²) >= 11 is 4.92. The van der Waals surface area contributed by atoms with E-state index in [1.165, 1.54) is 0 Å². The predicted molar refractivity (Wildman–Crippen MR) is 78.9 cm³/mol. The Bertz CT molecular complexity index is 424. The van der Waals surface area contributed by atoms with E-state index in [4.69, 9.17) is 18.0 Å². The standard InChI is InChI=1S/C14H21N3O2S/c15-12(20)8-16-6-4-9(5-7-16)17-13(18)10-2-1-3-11(10)14(17)19/h9-11H,1-8H2,(H2,15,20). The Morgan fingerprint density at radius 3 is 2.15 bits per heavy atom. The van der Waals surface area contributed by atoms with Gasteiger partial charge in [0.15, 0.2) is 0 Å².